The van der Waals surface area contributed by atoms with Crippen molar-refractivity contribution in [3.8, 4) is 0 Å². The molecule has 4 aromatic carbocycles. The van der Waals surface area contributed by atoms with Crippen LogP contribution in [-0.4, -0.2) is 25.4 Å². The number of aryl methyl sites for hydroxylation is 4. The molecule has 2 atom stereocenters. The minimum absolute atomic E-state index is 0. The van der Waals surface area contributed by atoms with Crippen molar-refractivity contribution < 1.29 is 25.8 Å². The number of nitrogens with one attached hydrogen (secondary N) is 1. The molecule has 4 rings (SSSR count). The van der Waals surface area contributed by atoms with Gasteiger partial charge in [-0.15, -0.1) is 42.2 Å². The molecule has 45 heavy (non-hydrogen) atoms. The SMILES string of the molecule is Cc1cccc(C)c1[N-]C(C)[N-]CCCCCN.Cc1cccc(C)c1[N-]C(C)[NH-].[CH2-]c1ccccc1.[CH2-]c1ccccc1.[Hf]. The maximum Gasteiger partial charge on any atom is 0 e. The monoisotopic (exact) mass is 771 g/mol. The Morgan fingerprint density at radius 1 is 0.600 bits per heavy atom. The van der Waals surface area contributed by atoms with Crippen molar-refractivity contribution in [3.05, 3.63) is 166 Å². The number of nitrogens with two attached hydrogens (primary N) is 1. The molecule has 2 unspecified atom stereocenters. The molecule has 0 heterocycles. The molecular formula is C39H53HfN5-6. The molecule has 6 heteroatoms. The zero-order valence-electron chi connectivity index (χ0n) is 28.3. The van der Waals surface area contributed by atoms with Gasteiger partial charge < -0.3 is 27.4 Å². The summed E-state index contributed by atoms with van der Waals surface area (Å²) in [6.45, 7) is 21.2. The average molecular weight is 770 g/mol. The molecule has 0 bridgehead atoms. The van der Waals surface area contributed by atoms with Crippen LogP contribution in [-0.2, 0) is 25.8 Å². The van der Waals surface area contributed by atoms with E-state index in [-0.39, 0.29) is 38.2 Å². The summed E-state index contributed by atoms with van der Waals surface area (Å²) in [7, 11) is 0. The predicted octanol–water partition coefficient (Wildman–Crippen LogP) is 11.6. The molecule has 5 nitrogen and oxygen atoms in total. The molecule has 0 saturated carbocycles. The number of rotatable bonds is 10. The van der Waals surface area contributed by atoms with E-state index >= 15 is 0 Å². The van der Waals surface area contributed by atoms with Gasteiger partial charge in [-0.2, -0.15) is 49.2 Å². The maximum absolute atomic E-state index is 7.34. The average Bonchev–Trinajstić information content (AvgIpc) is 2.99. The summed E-state index contributed by atoms with van der Waals surface area (Å²) in [6, 6.07) is 32.1. The first-order valence-corrected chi connectivity index (χ1v) is 15.4. The van der Waals surface area contributed by atoms with Crippen LogP contribution in [0.1, 0.15) is 66.5 Å². The van der Waals surface area contributed by atoms with Gasteiger partial charge in [0, 0.05) is 25.8 Å². The van der Waals surface area contributed by atoms with Crippen molar-refractivity contribution in [3.63, 3.8) is 0 Å². The molecule has 0 aliphatic carbocycles. The number of hydrogen-bond donors (Lipinski definition) is 1. The van der Waals surface area contributed by atoms with Crippen molar-refractivity contribution in [2.75, 3.05) is 13.1 Å². The molecule has 0 fully saturated rings. The summed E-state index contributed by atoms with van der Waals surface area (Å²) in [5, 5.41) is 13.5. The molecule has 0 aliphatic rings. The summed E-state index contributed by atoms with van der Waals surface area (Å²) in [4.78, 5) is 0. The van der Waals surface area contributed by atoms with Crippen LogP contribution in [0.15, 0.2) is 97.1 Å². The standard InChI is InChI=1S/C15H25N3.C10H14N2.2C7H7.Hf/c1-12-8-7-9-13(2)15(12)18-14(3)17-11-6-4-5-10-16;1-7-5-4-6-8(2)10(7)12-9(3)11;2*1-7-5-3-2-4-6-7;/h7-9,14H,4-6,10-11,16H2,1-3H3;4-6,9,11H,1-3H3;2*2-6H,1H2;/q2*-2;2*-1;. The number of para-hydroxylation sites is 2. The van der Waals surface area contributed by atoms with Crippen molar-refractivity contribution in [1.82, 2.24) is 0 Å². The van der Waals surface area contributed by atoms with Gasteiger partial charge in [-0.3, -0.25) is 0 Å². The fourth-order valence-electron chi connectivity index (χ4n) is 4.11. The van der Waals surface area contributed by atoms with Crippen LogP contribution in [0.25, 0.3) is 21.7 Å². The largest absolute Gasteiger partial charge is 0.699 e. The second kappa shape index (κ2) is 25.2. The van der Waals surface area contributed by atoms with Crippen molar-refractivity contribution in [1.29, 1.82) is 0 Å². The minimum Gasteiger partial charge on any atom is -0.699 e. The summed E-state index contributed by atoms with van der Waals surface area (Å²) in [6.07, 6.45) is 3.05. The first kappa shape index (κ1) is 42.0. The predicted molar refractivity (Wildman–Crippen MR) is 194 cm³/mol. The van der Waals surface area contributed by atoms with E-state index in [2.05, 4.69) is 68.8 Å². The molecular weight excluding hydrogens is 717 g/mol. The molecule has 0 saturated heterocycles. The molecule has 0 aliphatic heterocycles. The van der Waals surface area contributed by atoms with Crippen molar-refractivity contribution in [2.45, 2.75) is 73.1 Å². The van der Waals surface area contributed by atoms with Gasteiger partial charge in [-0.05, 0) is 40.7 Å². The minimum atomic E-state index is -0.371. The fraction of sp³-hybridized carbons (Fsp3) is 0.333. The second-order valence-electron chi connectivity index (χ2n) is 10.8. The molecule has 4 aromatic rings. The van der Waals surface area contributed by atoms with Crippen LogP contribution < -0.4 is 5.73 Å². The van der Waals surface area contributed by atoms with Crippen molar-refractivity contribution in [2.24, 2.45) is 5.73 Å². The van der Waals surface area contributed by atoms with Crippen LogP contribution in [0, 0.1) is 41.5 Å². The maximum atomic E-state index is 7.34. The van der Waals surface area contributed by atoms with E-state index in [9.17, 15) is 0 Å². The summed E-state index contributed by atoms with van der Waals surface area (Å²) in [5.74, 6) is 0. The molecule has 0 aromatic heterocycles. The molecule has 0 spiro atoms. The summed E-state index contributed by atoms with van der Waals surface area (Å²) < 4.78 is 0. The molecule has 244 valence electrons. The Morgan fingerprint density at radius 3 is 1.33 bits per heavy atom. The van der Waals surface area contributed by atoms with Gasteiger partial charge in [0.15, 0.2) is 0 Å². The number of benzene rings is 4. The Bertz CT molecular complexity index is 1200. The Morgan fingerprint density at radius 2 is 1.00 bits per heavy atom. The van der Waals surface area contributed by atoms with Crippen LogP contribution in [0.4, 0.5) is 11.4 Å². The first-order chi connectivity index (χ1) is 21.0. The fourth-order valence-corrected chi connectivity index (χ4v) is 4.11. The smallest absolute Gasteiger partial charge is 0 e. The van der Waals surface area contributed by atoms with Gasteiger partial charge in [-0.25, -0.2) is 12.3 Å². The van der Waals surface area contributed by atoms with Crippen LogP contribution in [0.3, 0.4) is 0 Å². The number of nitrogens with zero attached hydrogens (tertiary/aromatic N) is 3. The quantitative estimate of drug-likeness (QED) is 0.0971. The van der Waals surface area contributed by atoms with E-state index in [1.54, 1.807) is 6.92 Å². The Hall–Kier alpha value is -3.03. The third-order valence-electron chi connectivity index (χ3n) is 6.46. The van der Waals surface area contributed by atoms with E-state index in [1.807, 2.05) is 92.7 Å². The van der Waals surface area contributed by atoms with Crippen LogP contribution >= 0.6 is 0 Å². The van der Waals surface area contributed by atoms with E-state index in [0.29, 0.717) is 0 Å². The third kappa shape index (κ3) is 19.9. The van der Waals surface area contributed by atoms with Gasteiger partial charge in [0.25, 0.3) is 0 Å². The zero-order chi connectivity index (χ0) is 32.7. The normalized spacial score (nSPS) is 11.0. The van der Waals surface area contributed by atoms with E-state index in [1.165, 1.54) is 11.1 Å². The zero-order valence-corrected chi connectivity index (χ0v) is 31.9. The second-order valence-corrected chi connectivity index (χ2v) is 10.8. The van der Waals surface area contributed by atoms with Gasteiger partial charge in [0.2, 0.25) is 0 Å². The van der Waals surface area contributed by atoms with Crippen molar-refractivity contribution >= 4 is 11.4 Å². The molecule has 0 radical (unpaired) electrons. The Balaban J connectivity index is 0.000000615. The Kier molecular flexibility index (Phi) is 23.5. The molecule has 3 N–H and O–H groups in total. The first-order valence-electron chi connectivity index (χ1n) is 15.4. The summed E-state index contributed by atoms with van der Waals surface area (Å²) in [5.41, 5.74) is 21.7. The Labute approximate surface area is 293 Å². The van der Waals surface area contributed by atoms with Gasteiger partial charge in [-0.1, -0.05) is 97.5 Å². The number of hydrogen-bond acceptors (Lipinski definition) is 1. The topological polar surface area (TPSA) is 92.1 Å². The number of unbranched alkanes of at least 4 members (excludes halogenated alkanes) is 2. The van der Waals surface area contributed by atoms with E-state index < -0.39 is 0 Å². The van der Waals surface area contributed by atoms with Crippen LogP contribution in [0.5, 0.6) is 0 Å². The van der Waals surface area contributed by atoms with E-state index in [4.69, 9.17) is 11.5 Å². The van der Waals surface area contributed by atoms with Gasteiger partial charge in [0.1, 0.15) is 0 Å². The van der Waals surface area contributed by atoms with Gasteiger partial charge in [0.05, 0.1) is 0 Å². The third-order valence-corrected chi connectivity index (χ3v) is 6.46. The summed E-state index contributed by atoms with van der Waals surface area (Å²) >= 11 is 0. The van der Waals surface area contributed by atoms with E-state index in [0.717, 1.165) is 66.0 Å². The van der Waals surface area contributed by atoms with Crippen LogP contribution in [0.2, 0.25) is 0 Å². The van der Waals surface area contributed by atoms with Gasteiger partial charge >= 0.3 is 0 Å². The molecule has 0 amide bonds.